The molecule has 0 atom stereocenters. The third-order valence-corrected chi connectivity index (χ3v) is 3.01. The Bertz CT molecular complexity index is 360. The highest BCUT2D eigenvalue weighted by molar-refractivity contribution is 5.16. The number of ether oxygens (including phenoxy) is 1. The predicted molar refractivity (Wildman–Crippen MR) is 75.2 cm³/mol. The van der Waals surface area contributed by atoms with Crippen molar-refractivity contribution in [2.75, 3.05) is 6.61 Å². The molecule has 0 unspecified atom stereocenters. The molecule has 0 aliphatic heterocycles. The van der Waals surface area contributed by atoms with Gasteiger partial charge in [-0.3, -0.25) is 4.79 Å². The van der Waals surface area contributed by atoms with Crippen LogP contribution in [0, 0.1) is 0 Å². The normalized spacial score (nSPS) is 10.5. The topological polar surface area (TPSA) is 42.1 Å². The largest absolute Gasteiger partial charge is 0.493 e. The first-order valence-electron chi connectivity index (χ1n) is 7.14. The summed E-state index contributed by atoms with van der Waals surface area (Å²) in [6, 6.07) is 3.27. The lowest BCUT2D eigenvalue weighted by Crippen LogP contribution is -2.05. The zero-order valence-corrected chi connectivity index (χ0v) is 11.4. The van der Waals surface area contributed by atoms with Gasteiger partial charge in [0.25, 0.3) is 5.56 Å². The highest BCUT2D eigenvalue weighted by atomic mass is 16.5. The van der Waals surface area contributed by atoms with Crippen molar-refractivity contribution >= 4 is 0 Å². The summed E-state index contributed by atoms with van der Waals surface area (Å²) in [5.74, 6) is 0.668. The Kier molecular flexibility index (Phi) is 8.02. The van der Waals surface area contributed by atoms with Crippen molar-refractivity contribution in [1.82, 2.24) is 4.98 Å². The van der Waals surface area contributed by atoms with Crippen LogP contribution in [0.15, 0.2) is 23.1 Å². The van der Waals surface area contributed by atoms with Crippen LogP contribution in [-0.4, -0.2) is 11.6 Å². The Morgan fingerprint density at radius 2 is 1.72 bits per heavy atom. The van der Waals surface area contributed by atoms with Crippen molar-refractivity contribution in [2.24, 2.45) is 0 Å². The second-order valence-electron chi connectivity index (χ2n) is 4.71. The van der Waals surface area contributed by atoms with E-state index in [9.17, 15) is 4.79 Å². The predicted octanol–water partition coefficient (Wildman–Crippen LogP) is 3.89. The molecule has 0 bridgehead atoms. The van der Waals surface area contributed by atoms with Gasteiger partial charge in [-0.1, -0.05) is 51.9 Å². The Hall–Kier alpha value is -1.25. The second kappa shape index (κ2) is 9.75. The molecule has 3 nitrogen and oxygen atoms in total. The van der Waals surface area contributed by atoms with Crippen molar-refractivity contribution in [3.05, 3.63) is 28.7 Å². The molecule has 0 fully saturated rings. The van der Waals surface area contributed by atoms with Crippen molar-refractivity contribution in [3.8, 4) is 5.75 Å². The van der Waals surface area contributed by atoms with Crippen molar-refractivity contribution in [3.63, 3.8) is 0 Å². The first kappa shape index (κ1) is 14.8. The van der Waals surface area contributed by atoms with Crippen LogP contribution in [0.4, 0.5) is 0 Å². The molecule has 1 N–H and O–H groups in total. The molecule has 0 saturated carbocycles. The van der Waals surface area contributed by atoms with Gasteiger partial charge in [-0.25, -0.2) is 0 Å². The molecule has 0 aromatic carbocycles. The maximum absolute atomic E-state index is 11.0. The maximum Gasteiger partial charge on any atom is 0.251 e. The Balaban J connectivity index is 1.94. The molecule has 18 heavy (non-hydrogen) atoms. The van der Waals surface area contributed by atoms with E-state index in [0.717, 1.165) is 6.42 Å². The van der Waals surface area contributed by atoms with E-state index in [-0.39, 0.29) is 5.56 Å². The summed E-state index contributed by atoms with van der Waals surface area (Å²) in [7, 11) is 0. The van der Waals surface area contributed by atoms with E-state index in [0.29, 0.717) is 12.4 Å². The first-order valence-corrected chi connectivity index (χ1v) is 7.14. The summed E-state index contributed by atoms with van der Waals surface area (Å²) >= 11 is 0. The quantitative estimate of drug-likeness (QED) is 0.641. The summed E-state index contributed by atoms with van der Waals surface area (Å²) in [5.41, 5.74) is -0.108. The Labute approximate surface area is 110 Å². The molecule has 0 aliphatic rings. The van der Waals surface area contributed by atoms with Crippen LogP contribution in [0.25, 0.3) is 0 Å². The molecule has 0 aliphatic carbocycles. The van der Waals surface area contributed by atoms with E-state index in [1.54, 1.807) is 12.3 Å². The monoisotopic (exact) mass is 251 g/mol. The maximum atomic E-state index is 11.0. The number of unbranched alkanes of at least 4 members (excludes halogenated alkanes) is 7. The Morgan fingerprint density at radius 3 is 2.39 bits per heavy atom. The zero-order valence-electron chi connectivity index (χ0n) is 11.4. The number of pyridine rings is 1. The standard InChI is InChI=1S/C15H25NO2/c1-2-3-4-5-6-7-8-9-12-18-14-10-11-16-15(17)13-14/h10-11,13H,2-9,12H2,1H3,(H,16,17). The number of aromatic amines is 1. The summed E-state index contributed by atoms with van der Waals surface area (Å²) in [4.78, 5) is 13.6. The Morgan fingerprint density at radius 1 is 1.06 bits per heavy atom. The molecule has 1 aromatic heterocycles. The van der Waals surface area contributed by atoms with E-state index in [4.69, 9.17) is 4.74 Å². The molecule has 1 rings (SSSR count). The summed E-state index contributed by atoms with van der Waals surface area (Å²) in [6.07, 6.45) is 12.0. The number of nitrogens with one attached hydrogen (secondary N) is 1. The second-order valence-corrected chi connectivity index (χ2v) is 4.71. The smallest absolute Gasteiger partial charge is 0.251 e. The third kappa shape index (κ3) is 7.15. The highest BCUT2D eigenvalue weighted by Crippen LogP contribution is 2.09. The van der Waals surface area contributed by atoms with Gasteiger partial charge < -0.3 is 9.72 Å². The molecule has 1 aromatic rings. The zero-order chi connectivity index (χ0) is 13.1. The molecule has 0 radical (unpaired) electrons. The van der Waals surface area contributed by atoms with Gasteiger partial charge in [0.1, 0.15) is 5.75 Å². The minimum absolute atomic E-state index is 0.108. The average molecular weight is 251 g/mol. The van der Waals surface area contributed by atoms with Crippen LogP contribution in [-0.2, 0) is 0 Å². The highest BCUT2D eigenvalue weighted by Gasteiger charge is 1.95. The molecule has 0 amide bonds. The fourth-order valence-electron chi connectivity index (χ4n) is 1.94. The molecule has 1 heterocycles. The van der Waals surface area contributed by atoms with Gasteiger partial charge in [-0.05, 0) is 12.5 Å². The summed E-state index contributed by atoms with van der Waals surface area (Å²) in [6.45, 7) is 2.95. The van der Waals surface area contributed by atoms with Gasteiger partial charge in [0, 0.05) is 12.3 Å². The van der Waals surface area contributed by atoms with Gasteiger partial charge in [0.05, 0.1) is 6.61 Å². The van der Waals surface area contributed by atoms with Crippen molar-refractivity contribution in [2.45, 2.75) is 58.3 Å². The van der Waals surface area contributed by atoms with Gasteiger partial charge in [-0.15, -0.1) is 0 Å². The van der Waals surface area contributed by atoms with E-state index in [1.165, 1.54) is 51.0 Å². The van der Waals surface area contributed by atoms with Crippen LogP contribution >= 0.6 is 0 Å². The van der Waals surface area contributed by atoms with Crippen LogP contribution < -0.4 is 10.3 Å². The fourth-order valence-corrected chi connectivity index (χ4v) is 1.94. The van der Waals surface area contributed by atoms with Crippen molar-refractivity contribution < 1.29 is 4.74 Å². The SMILES string of the molecule is CCCCCCCCCCOc1cc[nH]c(=O)c1. The van der Waals surface area contributed by atoms with Gasteiger partial charge in [0.2, 0.25) is 0 Å². The number of hydrogen-bond donors (Lipinski definition) is 1. The lowest BCUT2D eigenvalue weighted by atomic mass is 10.1. The van der Waals surface area contributed by atoms with E-state index >= 15 is 0 Å². The van der Waals surface area contributed by atoms with Gasteiger partial charge in [0.15, 0.2) is 0 Å². The number of H-pyrrole nitrogens is 1. The van der Waals surface area contributed by atoms with Gasteiger partial charge >= 0.3 is 0 Å². The van der Waals surface area contributed by atoms with E-state index in [2.05, 4.69) is 11.9 Å². The van der Waals surface area contributed by atoms with E-state index in [1.807, 2.05) is 0 Å². The number of hydrogen-bond acceptors (Lipinski definition) is 2. The number of aromatic nitrogens is 1. The van der Waals surface area contributed by atoms with Crippen LogP contribution in [0.1, 0.15) is 58.3 Å². The van der Waals surface area contributed by atoms with Crippen LogP contribution in [0.2, 0.25) is 0 Å². The lowest BCUT2D eigenvalue weighted by Gasteiger charge is -2.05. The molecule has 102 valence electrons. The van der Waals surface area contributed by atoms with Crippen LogP contribution in [0.5, 0.6) is 5.75 Å². The summed E-state index contributed by atoms with van der Waals surface area (Å²) < 4.78 is 5.51. The third-order valence-electron chi connectivity index (χ3n) is 3.01. The summed E-state index contributed by atoms with van der Waals surface area (Å²) in [5, 5.41) is 0. The molecule has 0 spiro atoms. The molecule has 3 heteroatoms. The minimum atomic E-state index is -0.108. The first-order chi connectivity index (χ1) is 8.83. The van der Waals surface area contributed by atoms with Crippen molar-refractivity contribution in [1.29, 1.82) is 0 Å². The van der Waals surface area contributed by atoms with E-state index < -0.39 is 0 Å². The minimum Gasteiger partial charge on any atom is -0.493 e. The number of rotatable bonds is 10. The van der Waals surface area contributed by atoms with Gasteiger partial charge in [-0.2, -0.15) is 0 Å². The fraction of sp³-hybridized carbons (Fsp3) is 0.667. The average Bonchev–Trinajstić information content (AvgIpc) is 2.37. The molecular formula is C15H25NO2. The molecule has 0 saturated heterocycles. The lowest BCUT2D eigenvalue weighted by molar-refractivity contribution is 0.303. The molecular weight excluding hydrogens is 226 g/mol. The van der Waals surface area contributed by atoms with Crippen LogP contribution in [0.3, 0.4) is 0 Å².